The molecule has 4 rings (SSSR count). The number of rotatable bonds is 10. The number of carbonyl (C=O) groups is 4. The minimum absolute atomic E-state index is 0.0451. The molecule has 11 nitrogen and oxygen atoms in total. The maximum absolute atomic E-state index is 13.6. The molecule has 0 saturated heterocycles. The lowest BCUT2D eigenvalue weighted by Gasteiger charge is -2.10. The number of thiazole rings is 1. The van der Waals surface area contributed by atoms with Gasteiger partial charge in [0, 0.05) is 23.1 Å². The van der Waals surface area contributed by atoms with Crippen LogP contribution in [0.3, 0.4) is 0 Å². The molecule has 0 radical (unpaired) electrons. The SMILES string of the molecule is CCCOC(=O)c1cccc(NC(=O)c2c(C(=O)Nc3ccc(C(=O)OC)cc3)sc3nc(CCC)cc(=O)n23)c1. The van der Waals surface area contributed by atoms with Crippen molar-refractivity contribution in [2.24, 2.45) is 0 Å². The molecule has 212 valence electrons. The Labute approximate surface area is 239 Å². The Balaban J connectivity index is 1.71. The molecule has 2 aromatic carbocycles. The first-order chi connectivity index (χ1) is 19.7. The number of ether oxygens (including phenoxy) is 2. The molecule has 41 heavy (non-hydrogen) atoms. The molecule has 2 aromatic heterocycles. The smallest absolute Gasteiger partial charge is 0.338 e. The van der Waals surface area contributed by atoms with Crippen LogP contribution in [0, 0.1) is 0 Å². The molecule has 12 heteroatoms. The third-order valence-corrected chi connectivity index (χ3v) is 6.90. The monoisotopic (exact) mass is 576 g/mol. The molecule has 2 amide bonds. The maximum Gasteiger partial charge on any atom is 0.338 e. The topological polar surface area (TPSA) is 145 Å². The Kier molecular flexibility index (Phi) is 9.25. The van der Waals surface area contributed by atoms with E-state index in [0.717, 1.165) is 22.2 Å². The molecule has 0 aliphatic carbocycles. The van der Waals surface area contributed by atoms with E-state index in [1.807, 2.05) is 13.8 Å². The second kappa shape index (κ2) is 13.0. The van der Waals surface area contributed by atoms with Gasteiger partial charge in [0.15, 0.2) is 4.96 Å². The zero-order chi connectivity index (χ0) is 29.5. The average molecular weight is 577 g/mol. The Bertz CT molecular complexity index is 1670. The number of nitrogens with one attached hydrogen (secondary N) is 2. The number of benzene rings is 2. The molecule has 0 aliphatic rings. The second-order valence-electron chi connectivity index (χ2n) is 8.93. The van der Waals surface area contributed by atoms with Crippen molar-refractivity contribution in [2.75, 3.05) is 24.4 Å². The Morgan fingerprint density at radius 1 is 0.878 bits per heavy atom. The van der Waals surface area contributed by atoms with Crippen LogP contribution in [0.1, 0.15) is 73.3 Å². The van der Waals surface area contributed by atoms with Crippen LogP contribution in [0.25, 0.3) is 4.96 Å². The normalized spacial score (nSPS) is 10.7. The minimum atomic E-state index is -0.742. The molecular formula is C29H28N4O7S. The maximum atomic E-state index is 13.6. The summed E-state index contributed by atoms with van der Waals surface area (Å²) >= 11 is 0.904. The minimum Gasteiger partial charge on any atom is -0.465 e. The van der Waals surface area contributed by atoms with Crippen LogP contribution in [-0.4, -0.2) is 46.9 Å². The summed E-state index contributed by atoms with van der Waals surface area (Å²) in [4.78, 5) is 68.8. The zero-order valence-electron chi connectivity index (χ0n) is 22.7. The van der Waals surface area contributed by atoms with E-state index in [0.29, 0.717) is 29.8 Å². The predicted octanol–water partition coefficient (Wildman–Crippen LogP) is 4.57. The summed E-state index contributed by atoms with van der Waals surface area (Å²) in [6, 6.07) is 13.5. The van der Waals surface area contributed by atoms with Crippen molar-refractivity contribution in [1.29, 1.82) is 0 Å². The fraction of sp³-hybridized carbons (Fsp3) is 0.241. The van der Waals surface area contributed by atoms with Gasteiger partial charge in [-0.25, -0.2) is 19.0 Å². The van der Waals surface area contributed by atoms with Gasteiger partial charge in [-0.2, -0.15) is 0 Å². The Morgan fingerprint density at radius 2 is 1.61 bits per heavy atom. The molecule has 0 unspecified atom stereocenters. The van der Waals surface area contributed by atoms with E-state index in [1.54, 1.807) is 18.2 Å². The molecule has 0 saturated carbocycles. The average Bonchev–Trinajstić information content (AvgIpc) is 3.37. The third-order valence-electron chi connectivity index (χ3n) is 5.86. The number of carbonyl (C=O) groups excluding carboxylic acids is 4. The molecule has 2 heterocycles. The molecule has 0 fully saturated rings. The summed E-state index contributed by atoms with van der Waals surface area (Å²) in [5, 5.41) is 5.38. The first-order valence-electron chi connectivity index (χ1n) is 12.9. The molecule has 0 atom stereocenters. The quantitative estimate of drug-likeness (QED) is 0.261. The largest absolute Gasteiger partial charge is 0.465 e. The standard InChI is InChI=1S/C29H28N4O7S/c1-4-7-20-16-22(34)33-23(25(35)31-21-9-6-8-18(15-21)28(38)40-14-5-2)24(41-29(33)32-20)26(36)30-19-12-10-17(11-13-19)27(37)39-3/h6,8-13,15-16H,4-5,7,14H2,1-3H3,(H,30,36)(H,31,35). The van der Waals surface area contributed by atoms with E-state index in [4.69, 9.17) is 9.47 Å². The highest BCUT2D eigenvalue weighted by Crippen LogP contribution is 2.25. The van der Waals surface area contributed by atoms with Gasteiger partial charge in [0.25, 0.3) is 17.4 Å². The summed E-state index contributed by atoms with van der Waals surface area (Å²) in [7, 11) is 1.27. The number of hydrogen-bond acceptors (Lipinski definition) is 9. The number of hydrogen-bond donors (Lipinski definition) is 2. The molecule has 2 N–H and O–H groups in total. The van der Waals surface area contributed by atoms with E-state index >= 15 is 0 Å². The molecule has 0 bridgehead atoms. The highest BCUT2D eigenvalue weighted by atomic mass is 32.1. The first-order valence-corrected chi connectivity index (χ1v) is 13.7. The van der Waals surface area contributed by atoms with Crippen LogP contribution in [0.2, 0.25) is 0 Å². The van der Waals surface area contributed by atoms with Crippen molar-refractivity contribution in [3.05, 3.63) is 92.3 Å². The molecule has 0 spiro atoms. The first kappa shape index (κ1) is 29.2. The second-order valence-corrected chi connectivity index (χ2v) is 9.90. The predicted molar refractivity (Wildman–Crippen MR) is 154 cm³/mol. The van der Waals surface area contributed by atoms with Gasteiger partial charge in [-0.05, 0) is 55.3 Å². The van der Waals surface area contributed by atoms with Crippen molar-refractivity contribution < 1.29 is 28.7 Å². The van der Waals surface area contributed by atoms with Gasteiger partial charge in [0.1, 0.15) is 10.6 Å². The van der Waals surface area contributed by atoms with Crippen LogP contribution in [0.5, 0.6) is 0 Å². The van der Waals surface area contributed by atoms with Gasteiger partial charge < -0.3 is 20.1 Å². The molecule has 4 aromatic rings. The highest BCUT2D eigenvalue weighted by Gasteiger charge is 2.27. The van der Waals surface area contributed by atoms with Crippen molar-refractivity contribution in [2.45, 2.75) is 33.1 Å². The number of amides is 2. The van der Waals surface area contributed by atoms with Gasteiger partial charge in [-0.3, -0.25) is 14.4 Å². The van der Waals surface area contributed by atoms with E-state index in [2.05, 4.69) is 15.6 Å². The number of esters is 2. The Morgan fingerprint density at radius 3 is 2.29 bits per heavy atom. The number of methoxy groups -OCH3 is 1. The zero-order valence-corrected chi connectivity index (χ0v) is 23.5. The Hall–Kier alpha value is -4.84. The van der Waals surface area contributed by atoms with Crippen LogP contribution in [0.15, 0.2) is 59.4 Å². The van der Waals surface area contributed by atoms with E-state index < -0.39 is 29.3 Å². The van der Waals surface area contributed by atoms with Crippen LogP contribution >= 0.6 is 11.3 Å². The third kappa shape index (κ3) is 6.67. The molecular weight excluding hydrogens is 548 g/mol. The number of nitrogens with zero attached hydrogens (tertiary/aromatic N) is 2. The lowest BCUT2D eigenvalue weighted by atomic mass is 10.2. The van der Waals surface area contributed by atoms with Crippen molar-refractivity contribution >= 4 is 51.4 Å². The van der Waals surface area contributed by atoms with E-state index in [1.165, 1.54) is 43.5 Å². The summed E-state index contributed by atoms with van der Waals surface area (Å²) in [6.45, 7) is 4.09. The van der Waals surface area contributed by atoms with Gasteiger partial charge in [0.2, 0.25) is 0 Å². The fourth-order valence-electron chi connectivity index (χ4n) is 3.95. The van der Waals surface area contributed by atoms with Crippen molar-refractivity contribution in [3.63, 3.8) is 0 Å². The number of aromatic nitrogens is 2. The summed E-state index contributed by atoms with van der Waals surface area (Å²) in [5.41, 5.74) is 1.02. The number of aryl methyl sites for hydroxylation is 1. The lowest BCUT2D eigenvalue weighted by molar-refractivity contribution is 0.0504. The van der Waals surface area contributed by atoms with Crippen molar-refractivity contribution in [1.82, 2.24) is 9.38 Å². The number of fused-ring (bicyclic) bond motifs is 1. The van der Waals surface area contributed by atoms with E-state index in [-0.39, 0.29) is 33.4 Å². The summed E-state index contributed by atoms with van der Waals surface area (Å²) in [5.74, 6) is -2.45. The molecule has 0 aliphatic heterocycles. The highest BCUT2D eigenvalue weighted by molar-refractivity contribution is 7.19. The van der Waals surface area contributed by atoms with Crippen LogP contribution in [0.4, 0.5) is 11.4 Å². The van der Waals surface area contributed by atoms with Gasteiger partial charge in [-0.1, -0.05) is 37.7 Å². The van der Waals surface area contributed by atoms with Crippen molar-refractivity contribution in [3.8, 4) is 0 Å². The fourth-order valence-corrected chi connectivity index (χ4v) is 4.99. The summed E-state index contributed by atoms with van der Waals surface area (Å²) in [6.07, 6.45) is 1.98. The van der Waals surface area contributed by atoms with Gasteiger partial charge in [0.05, 0.1) is 24.8 Å². The van der Waals surface area contributed by atoms with Gasteiger partial charge in [-0.15, -0.1) is 0 Å². The lowest BCUT2D eigenvalue weighted by Crippen LogP contribution is -2.25. The summed E-state index contributed by atoms with van der Waals surface area (Å²) < 4.78 is 11.0. The van der Waals surface area contributed by atoms with Gasteiger partial charge >= 0.3 is 11.9 Å². The van der Waals surface area contributed by atoms with Crippen LogP contribution < -0.4 is 16.2 Å². The van der Waals surface area contributed by atoms with Crippen LogP contribution in [-0.2, 0) is 15.9 Å². The van der Waals surface area contributed by atoms with E-state index in [9.17, 15) is 24.0 Å². The number of anilines is 2.